The molecule has 1 aromatic carbocycles. The summed E-state index contributed by atoms with van der Waals surface area (Å²) in [5.74, 6) is 0.887. The summed E-state index contributed by atoms with van der Waals surface area (Å²) < 4.78 is 9.33. The van der Waals surface area contributed by atoms with Gasteiger partial charge in [0.25, 0.3) is 5.91 Å². The maximum Gasteiger partial charge on any atom is 0.267 e. The lowest BCUT2D eigenvalue weighted by molar-refractivity contribution is 0.0631. The number of halogens is 1. The van der Waals surface area contributed by atoms with E-state index in [2.05, 4.69) is 14.5 Å². The summed E-state index contributed by atoms with van der Waals surface area (Å²) >= 11 is 7.29. The number of benzene rings is 1. The van der Waals surface area contributed by atoms with E-state index in [0.717, 1.165) is 43.1 Å². The number of ether oxygens (including phenoxy) is 1. The molecule has 0 spiro atoms. The molecule has 6 nitrogen and oxygen atoms in total. The van der Waals surface area contributed by atoms with Gasteiger partial charge in [0.05, 0.1) is 12.8 Å². The Bertz CT molecular complexity index is 744. The fraction of sp³-hybridized carbons (Fsp3) is 0.471. The number of rotatable bonds is 5. The Morgan fingerprint density at radius 3 is 2.76 bits per heavy atom. The Balaban J connectivity index is 1.61. The number of carbonyl (C=O) groups is 1. The Kier molecular flexibility index (Phi) is 5.88. The number of methoxy groups -OCH3 is 1. The normalized spacial score (nSPS) is 15.4. The molecule has 0 unspecified atom stereocenters. The second-order valence-corrected chi connectivity index (χ2v) is 7.12. The summed E-state index contributed by atoms with van der Waals surface area (Å²) in [6.07, 6.45) is 0.728. The molecule has 1 aromatic heterocycles. The molecule has 1 amide bonds. The first-order chi connectivity index (χ1) is 12.1. The summed E-state index contributed by atoms with van der Waals surface area (Å²) in [7, 11) is 1.66. The van der Waals surface area contributed by atoms with Crippen molar-refractivity contribution in [3.05, 3.63) is 39.4 Å². The molecule has 25 heavy (non-hydrogen) atoms. The Morgan fingerprint density at radius 1 is 1.32 bits per heavy atom. The van der Waals surface area contributed by atoms with Crippen molar-refractivity contribution < 1.29 is 9.53 Å². The van der Waals surface area contributed by atoms with Gasteiger partial charge in [0, 0.05) is 43.3 Å². The van der Waals surface area contributed by atoms with Crippen LogP contribution in [-0.4, -0.2) is 58.6 Å². The molecular formula is C17H21ClN4O2S. The molecule has 0 N–H and O–H groups in total. The highest BCUT2D eigenvalue weighted by molar-refractivity contribution is 7.08. The molecule has 0 aliphatic carbocycles. The van der Waals surface area contributed by atoms with E-state index in [1.165, 1.54) is 11.5 Å². The number of aryl methyl sites for hydroxylation is 1. The molecule has 1 fully saturated rings. The standard InChI is InChI=1S/C17H21ClN4O2S/c1-3-14-16(25-20-19-14)17(23)22-8-6-21(7-9-22)11-12-10-13(18)4-5-15(12)24-2/h4-5,10H,3,6-9,11H2,1-2H3. The minimum Gasteiger partial charge on any atom is -0.496 e. The van der Waals surface area contributed by atoms with Crippen LogP contribution in [0.5, 0.6) is 5.75 Å². The van der Waals surface area contributed by atoms with Crippen molar-refractivity contribution >= 4 is 29.0 Å². The van der Waals surface area contributed by atoms with Gasteiger partial charge in [-0.05, 0) is 36.2 Å². The minimum absolute atomic E-state index is 0.0480. The quantitative estimate of drug-likeness (QED) is 0.798. The molecular weight excluding hydrogens is 360 g/mol. The maximum absolute atomic E-state index is 12.7. The fourth-order valence-electron chi connectivity index (χ4n) is 2.97. The van der Waals surface area contributed by atoms with Gasteiger partial charge in [-0.3, -0.25) is 9.69 Å². The van der Waals surface area contributed by atoms with Gasteiger partial charge in [0.1, 0.15) is 10.6 Å². The molecule has 2 heterocycles. The van der Waals surface area contributed by atoms with Crippen molar-refractivity contribution in [2.45, 2.75) is 19.9 Å². The van der Waals surface area contributed by atoms with E-state index in [1.807, 2.05) is 30.0 Å². The predicted octanol–water partition coefficient (Wildman–Crippen LogP) is 2.72. The van der Waals surface area contributed by atoms with E-state index < -0.39 is 0 Å². The van der Waals surface area contributed by atoms with Crippen molar-refractivity contribution in [3.8, 4) is 5.75 Å². The summed E-state index contributed by atoms with van der Waals surface area (Å²) in [5, 5.41) is 4.74. The summed E-state index contributed by atoms with van der Waals surface area (Å²) in [6.45, 7) is 5.77. The molecule has 134 valence electrons. The van der Waals surface area contributed by atoms with Gasteiger partial charge in [-0.1, -0.05) is 23.0 Å². The number of aromatic nitrogens is 2. The van der Waals surface area contributed by atoms with Crippen LogP contribution in [0.2, 0.25) is 5.02 Å². The van der Waals surface area contributed by atoms with Crippen LogP contribution in [0.25, 0.3) is 0 Å². The molecule has 1 saturated heterocycles. The van der Waals surface area contributed by atoms with Gasteiger partial charge < -0.3 is 9.64 Å². The molecule has 1 aliphatic rings. The van der Waals surface area contributed by atoms with Crippen LogP contribution < -0.4 is 4.74 Å². The van der Waals surface area contributed by atoms with E-state index in [-0.39, 0.29) is 5.91 Å². The number of hydrogen-bond donors (Lipinski definition) is 0. The second-order valence-electron chi connectivity index (χ2n) is 5.93. The van der Waals surface area contributed by atoms with E-state index in [9.17, 15) is 4.79 Å². The average Bonchev–Trinajstić information content (AvgIpc) is 3.11. The summed E-state index contributed by atoms with van der Waals surface area (Å²) in [4.78, 5) is 17.5. The Labute approximate surface area is 156 Å². The van der Waals surface area contributed by atoms with E-state index in [0.29, 0.717) is 23.0 Å². The molecule has 8 heteroatoms. The zero-order valence-corrected chi connectivity index (χ0v) is 15.9. The number of piperazine rings is 1. The minimum atomic E-state index is 0.0480. The number of carbonyl (C=O) groups excluding carboxylic acids is 1. The average molecular weight is 381 g/mol. The first-order valence-corrected chi connectivity index (χ1v) is 9.42. The monoisotopic (exact) mass is 380 g/mol. The third-order valence-electron chi connectivity index (χ3n) is 4.38. The SMILES string of the molecule is CCc1nnsc1C(=O)N1CCN(Cc2cc(Cl)ccc2OC)CC1. The smallest absolute Gasteiger partial charge is 0.267 e. The van der Waals surface area contributed by atoms with Gasteiger partial charge in [0.2, 0.25) is 0 Å². The third kappa shape index (κ3) is 4.11. The third-order valence-corrected chi connectivity index (χ3v) is 5.37. The van der Waals surface area contributed by atoms with E-state index >= 15 is 0 Å². The molecule has 2 aromatic rings. The topological polar surface area (TPSA) is 58.6 Å². The Hall–Kier alpha value is -1.70. The summed E-state index contributed by atoms with van der Waals surface area (Å²) in [5.41, 5.74) is 1.86. The largest absolute Gasteiger partial charge is 0.496 e. The van der Waals surface area contributed by atoms with Gasteiger partial charge in [-0.15, -0.1) is 5.10 Å². The van der Waals surface area contributed by atoms with Crippen molar-refractivity contribution in [3.63, 3.8) is 0 Å². The number of nitrogens with zero attached hydrogens (tertiary/aromatic N) is 4. The van der Waals surface area contributed by atoms with E-state index in [4.69, 9.17) is 16.3 Å². The molecule has 0 atom stereocenters. The van der Waals surface area contributed by atoms with Crippen LogP contribution in [-0.2, 0) is 13.0 Å². The van der Waals surface area contributed by atoms with E-state index in [1.54, 1.807) is 7.11 Å². The molecule has 0 saturated carbocycles. The highest BCUT2D eigenvalue weighted by atomic mass is 35.5. The lowest BCUT2D eigenvalue weighted by Crippen LogP contribution is -2.48. The first-order valence-electron chi connectivity index (χ1n) is 8.27. The zero-order valence-electron chi connectivity index (χ0n) is 14.4. The molecule has 3 rings (SSSR count). The van der Waals surface area contributed by atoms with Gasteiger partial charge in [-0.25, -0.2) is 0 Å². The molecule has 0 radical (unpaired) electrons. The van der Waals surface area contributed by atoms with Crippen LogP contribution in [0.1, 0.15) is 27.9 Å². The fourth-order valence-corrected chi connectivity index (χ4v) is 3.88. The Morgan fingerprint density at radius 2 is 2.08 bits per heavy atom. The molecule has 1 aliphatic heterocycles. The lowest BCUT2D eigenvalue weighted by Gasteiger charge is -2.34. The van der Waals surface area contributed by atoms with Gasteiger partial charge >= 0.3 is 0 Å². The lowest BCUT2D eigenvalue weighted by atomic mass is 10.1. The van der Waals surface area contributed by atoms with Gasteiger partial charge in [0.15, 0.2) is 0 Å². The van der Waals surface area contributed by atoms with Crippen LogP contribution in [0.15, 0.2) is 18.2 Å². The highest BCUT2D eigenvalue weighted by Gasteiger charge is 2.26. The zero-order chi connectivity index (χ0) is 17.8. The van der Waals surface area contributed by atoms with Gasteiger partial charge in [-0.2, -0.15) is 0 Å². The molecule has 0 bridgehead atoms. The maximum atomic E-state index is 12.7. The second kappa shape index (κ2) is 8.12. The van der Waals surface area contributed by atoms with Crippen LogP contribution in [0.3, 0.4) is 0 Å². The number of amides is 1. The van der Waals surface area contributed by atoms with Crippen molar-refractivity contribution in [2.24, 2.45) is 0 Å². The predicted molar refractivity (Wildman–Crippen MR) is 98.5 cm³/mol. The van der Waals surface area contributed by atoms with Crippen molar-refractivity contribution in [1.29, 1.82) is 0 Å². The van der Waals surface area contributed by atoms with Crippen LogP contribution in [0.4, 0.5) is 0 Å². The first kappa shape index (κ1) is 18.1. The highest BCUT2D eigenvalue weighted by Crippen LogP contribution is 2.25. The van der Waals surface area contributed by atoms with Crippen LogP contribution >= 0.6 is 23.1 Å². The van der Waals surface area contributed by atoms with Crippen LogP contribution in [0, 0.1) is 0 Å². The van der Waals surface area contributed by atoms with Crippen molar-refractivity contribution in [2.75, 3.05) is 33.3 Å². The number of hydrogen-bond acceptors (Lipinski definition) is 6. The summed E-state index contributed by atoms with van der Waals surface area (Å²) in [6, 6.07) is 5.66. The van der Waals surface area contributed by atoms with Crippen molar-refractivity contribution in [1.82, 2.24) is 19.4 Å².